The monoisotopic (exact) mass is 311 g/mol. The third-order valence-corrected chi connectivity index (χ3v) is 4.12. The van der Waals surface area contributed by atoms with Crippen LogP contribution in [-0.2, 0) is 0 Å². The van der Waals surface area contributed by atoms with Gasteiger partial charge in [-0.3, -0.25) is 5.41 Å². The molecule has 0 aromatic heterocycles. The van der Waals surface area contributed by atoms with Crippen LogP contribution in [0.4, 0.5) is 0 Å². The summed E-state index contributed by atoms with van der Waals surface area (Å²) in [6.45, 7) is 10.3. The van der Waals surface area contributed by atoms with Gasteiger partial charge in [0.05, 0.1) is 5.71 Å². The summed E-state index contributed by atoms with van der Waals surface area (Å²) >= 11 is 0. The Morgan fingerprint density at radius 1 is 1.30 bits per heavy atom. The molecule has 0 fully saturated rings. The van der Waals surface area contributed by atoms with E-state index < -0.39 is 0 Å². The van der Waals surface area contributed by atoms with Gasteiger partial charge in [0.1, 0.15) is 0 Å². The molecule has 0 bridgehead atoms. The summed E-state index contributed by atoms with van der Waals surface area (Å²) < 4.78 is 0. The first kappa shape index (κ1) is 18.9. The smallest absolute Gasteiger partial charge is 0.0647 e. The summed E-state index contributed by atoms with van der Waals surface area (Å²) in [6.07, 6.45) is 4.52. The third kappa shape index (κ3) is 4.65. The quantitative estimate of drug-likeness (QED) is 0.602. The van der Waals surface area contributed by atoms with Crippen LogP contribution in [0.2, 0.25) is 0 Å². The molecule has 3 heteroatoms. The maximum absolute atomic E-state index is 8.65. The van der Waals surface area contributed by atoms with Gasteiger partial charge < -0.3 is 11.1 Å². The molecular formula is C20H29N3. The lowest BCUT2D eigenvalue weighted by Gasteiger charge is -2.17. The molecule has 3 nitrogen and oxygen atoms in total. The Morgan fingerprint density at radius 2 is 1.96 bits per heavy atom. The summed E-state index contributed by atoms with van der Waals surface area (Å²) in [5.74, 6) is 0.363. The predicted octanol–water partition coefficient (Wildman–Crippen LogP) is 5.10. The molecule has 0 amide bonds. The minimum Gasteiger partial charge on any atom is -0.402 e. The van der Waals surface area contributed by atoms with E-state index in [0.29, 0.717) is 18.1 Å². The second-order valence-corrected chi connectivity index (χ2v) is 6.16. The highest BCUT2D eigenvalue weighted by atomic mass is 14.6. The van der Waals surface area contributed by atoms with E-state index in [4.69, 9.17) is 16.6 Å². The van der Waals surface area contributed by atoms with Gasteiger partial charge in [0.15, 0.2) is 0 Å². The van der Waals surface area contributed by atoms with Crippen LogP contribution in [0.5, 0.6) is 0 Å². The first-order valence-electron chi connectivity index (χ1n) is 8.18. The van der Waals surface area contributed by atoms with Gasteiger partial charge in [-0.05, 0) is 42.9 Å². The van der Waals surface area contributed by atoms with Gasteiger partial charge in [-0.15, -0.1) is 0 Å². The number of hydrogen-bond donors (Lipinski definition) is 3. The summed E-state index contributed by atoms with van der Waals surface area (Å²) in [7, 11) is 0. The summed E-state index contributed by atoms with van der Waals surface area (Å²) in [6, 6.07) is 6.25. The van der Waals surface area contributed by atoms with Crippen molar-refractivity contribution in [2.75, 3.05) is 0 Å². The second kappa shape index (κ2) is 8.47. The van der Waals surface area contributed by atoms with Crippen LogP contribution in [0.1, 0.15) is 63.1 Å². The average Bonchev–Trinajstić information content (AvgIpc) is 2.54. The molecule has 124 valence electrons. The fraction of sp³-hybridized carbons (Fsp3) is 0.400. The first-order valence-corrected chi connectivity index (χ1v) is 8.18. The zero-order chi connectivity index (χ0) is 17.6. The number of allylic oxidation sites excluding steroid dienone is 4. The Hall–Kier alpha value is -2.16. The predicted molar refractivity (Wildman–Crippen MR) is 101 cm³/mol. The van der Waals surface area contributed by atoms with E-state index in [-0.39, 0.29) is 0 Å². The standard InChI is InChI=1S/C20H29N3/c1-6-15(11-16(12-21)19(22)7-2)20(23)17-9-8-14(5)10-18(17)13(3)4/h6,8-10,12-13,21,23H,7,11,22H2,1-5H3/b15-6-,19-16?,21-12?,23-20?. The van der Waals surface area contributed by atoms with E-state index in [0.717, 1.165) is 28.8 Å². The zero-order valence-electron chi connectivity index (χ0n) is 15.0. The molecule has 23 heavy (non-hydrogen) atoms. The van der Waals surface area contributed by atoms with Gasteiger partial charge in [0.2, 0.25) is 0 Å². The average molecular weight is 311 g/mol. The molecule has 0 saturated carbocycles. The zero-order valence-corrected chi connectivity index (χ0v) is 15.0. The molecule has 1 aromatic rings. The molecule has 1 rings (SSSR count). The number of benzene rings is 1. The second-order valence-electron chi connectivity index (χ2n) is 6.16. The van der Waals surface area contributed by atoms with E-state index >= 15 is 0 Å². The van der Waals surface area contributed by atoms with Crippen molar-refractivity contribution in [1.82, 2.24) is 0 Å². The highest BCUT2D eigenvalue weighted by Gasteiger charge is 2.15. The van der Waals surface area contributed by atoms with Crippen LogP contribution >= 0.6 is 0 Å². The molecule has 0 radical (unpaired) electrons. The number of nitrogens with two attached hydrogens (primary N) is 1. The Bertz CT molecular complexity index is 649. The maximum atomic E-state index is 8.65. The maximum Gasteiger partial charge on any atom is 0.0647 e. The van der Waals surface area contributed by atoms with Crippen LogP contribution in [0.3, 0.4) is 0 Å². The molecule has 0 atom stereocenters. The molecule has 0 spiro atoms. The van der Waals surface area contributed by atoms with Crippen molar-refractivity contribution in [2.45, 2.75) is 53.4 Å². The van der Waals surface area contributed by atoms with Crippen molar-refractivity contribution in [3.05, 3.63) is 57.8 Å². The molecule has 0 heterocycles. The van der Waals surface area contributed by atoms with Crippen molar-refractivity contribution >= 4 is 11.9 Å². The third-order valence-electron chi connectivity index (χ3n) is 4.12. The van der Waals surface area contributed by atoms with E-state index in [9.17, 15) is 0 Å². The van der Waals surface area contributed by atoms with Crippen molar-refractivity contribution < 1.29 is 0 Å². The van der Waals surface area contributed by atoms with Crippen LogP contribution in [0.15, 0.2) is 41.1 Å². The number of hydrogen-bond acceptors (Lipinski definition) is 3. The van der Waals surface area contributed by atoms with E-state index in [2.05, 4.69) is 32.9 Å². The van der Waals surface area contributed by atoms with Gasteiger partial charge in [0, 0.05) is 23.9 Å². The van der Waals surface area contributed by atoms with Crippen LogP contribution in [0, 0.1) is 17.7 Å². The lowest BCUT2D eigenvalue weighted by Crippen LogP contribution is -2.11. The Balaban J connectivity index is 3.24. The summed E-state index contributed by atoms with van der Waals surface area (Å²) in [5.41, 5.74) is 12.3. The van der Waals surface area contributed by atoms with Crippen LogP contribution < -0.4 is 5.73 Å². The Kier molecular flexibility index (Phi) is 6.95. The number of nitrogens with one attached hydrogen (secondary N) is 2. The molecule has 0 unspecified atom stereocenters. The topological polar surface area (TPSA) is 73.7 Å². The van der Waals surface area contributed by atoms with Gasteiger partial charge in [-0.2, -0.15) is 0 Å². The largest absolute Gasteiger partial charge is 0.402 e. The van der Waals surface area contributed by atoms with Gasteiger partial charge in [-0.1, -0.05) is 50.6 Å². The highest BCUT2D eigenvalue weighted by molar-refractivity contribution is 6.12. The van der Waals surface area contributed by atoms with Crippen molar-refractivity contribution in [2.24, 2.45) is 5.73 Å². The van der Waals surface area contributed by atoms with E-state index in [1.165, 1.54) is 17.3 Å². The van der Waals surface area contributed by atoms with Gasteiger partial charge in [-0.25, -0.2) is 0 Å². The number of aryl methyl sites for hydroxylation is 1. The van der Waals surface area contributed by atoms with Crippen LogP contribution in [-0.4, -0.2) is 11.9 Å². The van der Waals surface area contributed by atoms with E-state index in [1.54, 1.807) is 0 Å². The fourth-order valence-corrected chi connectivity index (χ4v) is 2.58. The lowest BCUT2D eigenvalue weighted by molar-refractivity contribution is 0.861. The molecule has 0 aliphatic heterocycles. The SMILES string of the molecule is C/C=C(/CC(C=N)=C(N)CC)C(=N)c1ccc(C)cc1C(C)C. The summed E-state index contributed by atoms with van der Waals surface area (Å²) in [5, 5.41) is 16.2. The normalized spacial score (nSPS) is 13.0. The molecular weight excluding hydrogens is 282 g/mol. The minimum absolute atomic E-state index is 0.363. The molecule has 1 aromatic carbocycles. The Labute approximate surface area is 140 Å². The molecule has 0 saturated heterocycles. The Morgan fingerprint density at radius 3 is 2.43 bits per heavy atom. The first-order chi connectivity index (χ1) is 10.8. The molecule has 0 aliphatic carbocycles. The highest BCUT2D eigenvalue weighted by Crippen LogP contribution is 2.25. The molecule has 0 aliphatic rings. The van der Waals surface area contributed by atoms with Gasteiger partial charge in [0.25, 0.3) is 0 Å². The fourth-order valence-electron chi connectivity index (χ4n) is 2.58. The van der Waals surface area contributed by atoms with Crippen LogP contribution in [0.25, 0.3) is 0 Å². The number of rotatable bonds is 7. The van der Waals surface area contributed by atoms with E-state index in [1.807, 2.05) is 26.0 Å². The molecule has 4 N–H and O–H groups in total. The van der Waals surface area contributed by atoms with Crippen molar-refractivity contribution in [3.63, 3.8) is 0 Å². The summed E-state index contributed by atoms with van der Waals surface area (Å²) in [4.78, 5) is 0. The van der Waals surface area contributed by atoms with Crippen molar-refractivity contribution in [3.8, 4) is 0 Å². The van der Waals surface area contributed by atoms with Gasteiger partial charge >= 0.3 is 0 Å². The minimum atomic E-state index is 0.363. The van der Waals surface area contributed by atoms with Crippen molar-refractivity contribution in [1.29, 1.82) is 10.8 Å². The lowest BCUT2D eigenvalue weighted by atomic mass is 9.88.